The first kappa shape index (κ1) is 11.8. The summed E-state index contributed by atoms with van der Waals surface area (Å²) >= 11 is 12.8. The predicted octanol–water partition coefficient (Wildman–Crippen LogP) is 3.95. The highest BCUT2D eigenvalue weighted by Crippen LogP contribution is 2.45. The van der Waals surface area contributed by atoms with E-state index in [1.54, 1.807) is 12.1 Å². The Labute approximate surface area is 115 Å². The van der Waals surface area contributed by atoms with E-state index in [0.717, 1.165) is 11.1 Å². The summed E-state index contributed by atoms with van der Waals surface area (Å²) in [6.45, 7) is 0. The van der Waals surface area contributed by atoms with Crippen LogP contribution >= 0.6 is 23.2 Å². The molecule has 0 spiro atoms. The number of halogens is 2. The van der Waals surface area contributed by atoms with Crippen LogP contribution in [0.2, 0.25) is 0 Å². The summed E-state index contributed by atoms with van der Waals surface area (Å²) < 4.78 is 0. The minimum Gasteiger partial charge on any atom is -0.289 e. The van der Waals surface area contributed by atoms with Crippen LogP contribution in [-0.4, -0.2) is 11.7 Å². The van der Waals surface area contributed by atoms with Gasteiger partial charge in [-0.05, 0) is 11.1 Å². The van der Waals surface area contributed by atoms with E-state index in [9.17, 15) is 4.79 Å². The van der Waals surface area contributed by atoms with Crippen LogP contribution in [0.3, 0.4) is 0 Å². The van der Waals surface area contributed by atoms with Crippen molar-refractivity contribution in [1.29, 1.82) is 0 Å². The van der Waals surface area contributed by atoms with Crippen LogP contribution < -0.4 is 0 Å². The van der Waals surface area contributed by atoms with Crippen molar-refractivity contribution >= 4 is 29.0 Å². The summed E-state index contributed by atoms with van der Waals surface area (Å²) in [6, 6.07) is 14.8. The maximum absolute atomic E-state index is 12.4. The Morgan fingerprint density at radius 3 is 1.78 bits per heavy atom. The molecule has 0 radical (unpaired) electrons. The molecule has 0 heterocycles. The Bertz CT molecular complexity index is 584. The molecule has 0 bridgehead atoms. The lowest BCUT2D eigenvalue weighted by molar-refractivity contribution is 0.103. The number of alkyl halides is 2. The van der Waals surface area contributed by atoms with Crippen LogP contribution in [0.25, 0.3) is 0 Å². The zero-order chi connectivity index (χ0) is 12.8. The number of hydrogen-bond donors (Lipinski definition) is 0. The summed E-state index contributed by atoms with van der Waals surface area (Å²) in [4.78, 5) is 11.6. The summed E-state index contributed by atoms with van der Waals surface area (Å²) in [5.41, 5.74) is 2.88. The number of carbonyl (C=O) groups excluding carboxylic acids is 1. The fraction of sp³-hybridized carbons (Fsp3) is 0.133. The van der Waals surface area contributed by atoms with Crippen LogP contribution in [0.5, 0.6) is 0 Å². The lowest BCUT2D eigenvalue weighted by atomic mass is 9.77. The molecule has 90 valence electrons. The van der Waals surface area contributed by atoms with Crippen molar-refractivity contribution in [2.24, 2.45) is 0 Å². The Balaban J connectivity index is 2.38. The average Bonchev–Trinajstić information content (AvgIpc) is 2.45. The Morgan fingerprint density at radius 2 is 1.33 bits per heavy atom. The lowest BCUT2D eigenvalue weighted by Crippen LogP contribution is -2.32. The molecule has 2 aromatic carbocycles. The van der Waals surface area contributed by atoms with Crippen LogP contribution in [0, 0.1) is 0 Å². The van der Waals surface area contributed by atoms with Crippen LogP contribution in [0.1, 0.15) is 27.0 Å². The van der Waals surface area contributed by atoms with E-state index in [4.69, 9.17) is 23.2 Å². The average molecular weight is 277 g/mol. The Hall–Kier alpha value is -1.31. The lowest BCUT2D eigenvalue weighted by Gasteiger charge is -2.33. The second-order valence-electron chi connectivity index (χ2n) is 4.36. The molecule has 0 N–H and O–H groups in total. The maximum atomic E-state index is 12.4. The molecule has 0 saturated heterocycles. The predicted molar refractivity (Wildman–Crippen MR) is 73.7 cm³/mol. The SMILES string of the molecule is O=C1c2ccccc2C(Cl)(CCl)c2ccccc21. The van der Waals surface area contributed by atoms with Crippen molar-refractivity contribution < 1.29 is 4.79 Å². The Morgan fingerprint density at radius 1 is 0.889 bits per heavy atom. The fourth-order valence-corrected chi connectivity index (χ4v) is 3.10. The molecule has 0 fully saturated rings. The second-order valence-corrected chi connectivity index (χ2v) is 5.27. The Kier molecular flexibility index (Phi) is 2.69. The van der Waals surface area contributed by atoms with Crippen molar-refractivity contribution in [2.75, 3.05) is 5.88 Å². The first-order valence-electron chi connectivity index (χ1n) is 5.67. The normalized spacial score (nSPS) is 16.0. The van der Waals surface area contributed by atoms with Crippen LogP contribution in [-0.2, 0) is 4.87 Å². The van der Waals surface area contributed by atoms with Gasteiger partial charge >= 0.3 is 0 Å². The number of hydrogen-bond acceptors (Lipinski definition) is 1. The van der Waals surface area contributed by atoms with E-state index in [0.29, 0.717) is 11.1 Å². The molecule has 1 aliphatic rings. The van der Waals surface area contributed by atoms with Gasteiger partial charge in [0.1, 0.15) is 4.87 Å². The van der Waals surface area contributed by atoms with Gasteiger partial charge in [-0.3, -0.25) is 4.79 Å². The molecular weight excluding hydrogens is 267 g/mol. The molecule has 3 rings (SSSR count). The summed E-state index contributed by atoms with van der Waals surface area (Å²) in [5, 5.41) is 0. The van der Waals surface area contributed by atoms with Gasteiger partial charge in [0, 0.05) is 17.0 Å². The van der Waals surface area contributed by atoms with E-state index in [1.165, 1.54) is 0 Å². The first-order chi connectivity index (χ1) is 8.68. The third-order valence-electron chi connectivity index (χ3n) is 3.38. The summed E-state index contributed by atoms with van der Waals surface area (Å²) in [6.07, 6.45) is 0. The molecule has 2 aromatic rings. The van der Waals surface area contributed by atoms with Crippen molar-refractivity contribution in [1.82, 2.24) is 0 Å². The monoisotopic (exact) mass is 276 g/mol. The van der Waals surface area contributed by atoms with E-state index in [-0.39, 0.29) is 11.7 Å². The van der Waals surface area contributed by atoms with Crippen LogP contribution in [0.4, 0.5) is 0 Å². The molecule has 1 aliphatic carbocycles. The highest BCUT2D eigenvalue weighted by atomic mass is 35.5. The van der Waals surface area contributed by atoms with E-state index in [2.05, 4.69) is 0 Å². The van der Waals surface area contributed by atoms with Crippen molar-refractivity contribution in [3.8, 4) is 0 Å². The molecular formula is C15H10Cl2O. The van der Waals surface area contributed by atoms with Gasteiger partial charge in [0.25, 0.3) is 0 Å². The molecule has 0 aliphatic heterocycles. The molecule has 0 amide bonds. The quantitative estimate of drug-likeness (QED) is 0.721. The maximum Gasteiger partial charge on any atom is 0.193 e. The molecule has 0 atom stereocenters. The third-order valence-corrected chi connectivity index (χ3v) is 4.46. The summed E-state index contributed by atoms with van der Waals surface area (Å²) in [7, 11) is 0. The molecule has 18 heavy (non-hydrogen) atoms. The minimum atomic E-state index is -0.817. The number of benzene rings is 2. The van der Waals surface area contributed by atoms with E-state index in [1.807, 2.05) is 36.4 Å². The van der Waals surface area contributed by atoms with Crippen molar-refractivity contribution in [3.63, 3.8) is 0 Å². The van der Waals surface area contributed by atoms with E-state index < -0.39 is 4.87 Å². The van der Waals surface area contributed by atoms with Gasteiger partial charge in [-0.1, -0.05) is 48.5 Å². The second kappa shape index (κ2) is 4.11. The smallest absolute Gasteiger partial charge is 0.193 e. The highest BCUT2D eigenvalue weighted by Gasteiger charge is 2.41. The fourth-order valence-electron chi connectivity index (χ4n) is 2.49. The van der Waals surface area contributed by atoms with Gasteiger partial charge in [0.15, 0.2) is 5.78 Å². The number of carbonyl (C=O) groups is 1. The van der Waals surface area contributed by atoms with Gasteiger partial charge in [-0.2, -0.15) is 0 Å². The molecule has 3 heteroatoms. The summed E-state index contributed by atoms with van der Waals surface area (Å²) in [5.74, 6) is 0.248. The molecule has 0 aromatic heterocycles. The van der Waals surface area contributed by atoms with Crippen molar-refractivity contribution in [3.05, 3.63) is 70.8 Å². The van der Waals surface area contributed by atoms with Gasteiger partial charge in [0.05, 0.1) is 0 Å². The number of rotatable bonds is 1. The first-order valence-corrected chi connectivity index (χ1v) is 6.58. The van der Waals surface area contributed by atoms with Gasteiger partial charge in [-0.25, -0.2) is 0 Å². The number of ketones is 1. The third kappa shape index (κ3) is 1.44. The molecule has 0 saturated carbocycles. The van der Waals surface area contributed by atoms with E-state index >= 15 is 0 Å². The molecule has 1 nitrogen and oxygen atoms in total. The van der Waals surface area contributed by atoms with Gasteiger partial charge in [-0.15, -0.1) is 23.2 Å². The zero-order valence-corrected chi connectivity index (χ0v) is 11.0. The minimum absolute atomic E-state index is 0.0163. The zero-order valence-electron chi connectivity index (χ0n) is 9.49. The molecule has 0 unspecified atom stereocenters. The number of fused-ring (bicyclic) bond motifs is 2. The highest BCUT2D eigenvalue weighted by molar-refractivity contribution is 6.34. The van der Waals surface area contributed by atoms with Gasteiger partial charge in [0.2, 0.25) is 0 Å². The standard InChI is InChI=1S/C15H10Cl2O/c16-9-15(17)12-7-3-1-5-10(12)14(18)11-6-2-4-8-13(11)15/h1-8H,9H2. The van der Waals surface area contributed by atoms with Gasteiger partial charge < -0.3 is 0 Å². The van der Waals surface area contributed by atoms with Crippen molar-refractivity contribution in [2.45, 2.75) is 4.87 Å². The topological polar surface area (TPSA) is 17.1 Å². The largest absolute Gasteiger partial charge is 0.289 e. The van der Waals surface area contributed by atoms with Crippen LogP contribution in [0.15, 0.2) is 48.5 Å².